The first-order valence-electron chi connectivity index (χ1n) is 11.2. The number of ether oxygens (including phenoxy) is 1. The molecule has 1 atom stereocenters. The predicted molar refractivity (Wildman–Crippen MR) is 128 cm³/mol. The number of H-pyrrole nitrogens is 1. The van der Waals surface area contributed by atoms with E-state index in [0.717, 1.165) is 29.0 Å². The SMILES string of the molecule is CCCOc1ccc(-c2cccc(F)c2F)cc1C(=O)N[C@@H](CO)Cc1c[nH]c2ccccc12. The average Bonchev–Trinajstić information content (AvgIpc) is 3.26. The third-order valence-electron chi connectivity index (χ3n) is 5.65. The molecule has 34 heavy (non-hydrogen) atoms. The number of para-hydroxylation sites is 1. The van der Waals surface area contributed by atoms with E-state index in [9.17, 15) is 18.7 Å². The minimum Gasteiger partial charge on any atom is -0.493 e. The van der Waals surface area contributed by atoms with E-state index in [-0.39, 0.29) is 17.7 Å². The molecule has 4 rings (SSSR count). The number of carbonyl (C=O) groups is 1. The molecule has 1 amide bonds. The van der Waals surface area contributed by atoms with Crippen molar-refractivity contribution in [2.24, 2.45) is 0 Å². The Balaban J connectivity index is 1.62. The van der Waals surface area contributed by atoms with Crippen LogP contribution in [0, 0.1) is 11.6 Å². The maximum atomic E-state index is 14.4. The highest BCUT2D eigenvalue weighted by atomic mass is 19.2. The summed E-state index contributed by atoms with van der Waals surface area (Å²) in [6.07, 6.45) is 3.01. The van der Waals surface area contributed by atoms with E-state index in [1.807, 2.05) is 37.4 Å². The van der Waals surface area contributed by atoms with Gasteiger partial charge in [0.15, 0.2) is 11.6 Å². The maximum absolute atomic E-state index is 14.4. The lowest BCUT2D eigenvalue weighted by Gasteiger charge is -2.18. The molecular weight excluding hydrogens is 438 g/mol. The van der Waals surface area contributed by atoms with Crippen molar-refractivity contribution in [1.82, 2.24) is 10.3 Å². The Kier molecular flexibility index (Phi) is 7.23. The largest absolute Gasteiger partial charge is 0.493 e. The second-order valence-electron chi connectivity index (χ2n) is 8.08. The minimum absolute atomic E-state index is 0.0496. The van der Waals surface area contributed by atoms with Gasteiger partial charge in [0.05, 0.1) is 24.8 Å². The van der Waals surface area contributed by atoms with Crippen molar-refractivity contribution in [2.75, 3.05) is 13.2 Å². The van der Waals surface area contributed by atoms with Crippen molar-refractivity contribution in [3.63, 3.8) is 0 Å². The molecule has 0 unspecified atom stereocenters. The van der Waals surface area contributed by atoms with Crippen molar-refractivity contribution in [1.29, 1.82) is 0 Å². The first-order valence-corrected chi connectivity index (χ1v) is 11.2. The molecule has 0 bridgehead atoms. The fraction of sp³-hybridized carbons (Fsp3) is 0.222. The fourth-order valence-electron chi connectivity index (χ4n) is 3.93. The van der Waals surface area contributed by atoms with Gasteiger partial charge in [-0.3, -0.25) is 4.79 Å². The highest BCUT2D eigenvalue weighted by Gasteiger charge is 2.20. The zero-order valence-corrected chi connectivity index (χ0v) is 18.8. The number of rotatable bonds is 9. The summed E-state index contributed by atoms with van der Waals surface area (Å²) in [5.74, 6) is -2.08. The van der Waals surface area contributed by atoms with Gasteiger partial charge in [-0.15, -0.1) is 0 Å². The number of aliphatic hydroxyl groups excluding tert-OH is 1. The topological polar surface area (TPSA) is 74.3 Å². The molecule has 0 fully saturated rings. The van der Waals surface area contributed by atoms with Crippen LogP contribution in [0.4, 0.5) is 8.78 Å². The summed E-state index contributed by atoms with van der Waals surface area (Å²) in [5.41, 5.74) is 2.53. The first-order chi connectivity index (χ1) is 16.5. The van der Waals surface area contributed by atoms with Gasteiger partial charge >= 0.3 is 0 Å². The third-order valence-corrected chi connectivity index (χ3v) is 5.65. The lowest BCUT2D eigenvalue weighted by atomic mass is 10.0. The highest BCUT2D eigenvalue weighted by molar-refractivity contribution is 5.98. The number of fused-ring (bicyclic) bond motifs is 1. The van der Waals surface area contributed by atoms with Crippen LogP contribution in [0.2, 0.25) is 0 Å². The Labute approximate surface area is 196 Å². The number of hydrogen-bond donors (Lipinski definition) is 3. The molecule has 0 saturated carbocycles. The summed E-state index contributed by atoms with van der Waals surface area (Å²) in [4.78, 5) is 16.4. The number of aromatic amines is 1. The van der Waals surface area contributed by atoms with Gasteiger partial charge in [0.2, 0.25) is 0 Å². The molecule has 4 aromatic rings. The summed E-state index contributed by atoms with van der Waals surface area (Å²) in [5, 5.41) is 13.8. The molecule has 3 aromatic carbocycles. The Bertz CT molecular complexity index is 1300. The van der Waals surface area contributed by atoms with Gasteiger partial charge in [-0.05, 0) is 48.2 Å². The molecule has 0 aliphatic carbocycles. The second kappa shape index (κ2) is 10.5. The van der Waals surface area contributed by atoms with E-state index >= 15 is 0 Å². The van der Waals surface area contributed by atoms with Crippen molar-refractivity contribution < 1.29 is 23.4 Å². The molecule has 176 valence electrons. The first kappa shape index (κ1) is 23.4. The Morgan fingerprint density at radius 2 is 1.94 bits per heavy atom. The van der Waals surface area contributed by atoms with Crippen LogP contribution in [0.25, 0.3) is 22.0 Å². The number of hydrogen-bond acceptors (Lipinski definition) is 3. The van der Waals surface area contributed by atoms with Crippen LogP contribution >= 0.6 is 0 Å². The normalized spacial score (nSPS) is 12.0. The van der Waals surface area contributed by atoms with Gasteiger partial charge < -0.3 is 20.1 Å². The van der Waals surface area contributed by atoms with Gasteiger partial charge in [-0.1, -0.05) is 43.3 Å². The van der Waals surface area contributed by atoms with E-state index in [1.165, 1.54) is 18.2 Å². The molecule has 7 heteroatoms. The van der Waals surface area contributed by atoms with Crippen LogP contribution in [0.5, 0.6) is 5.75 Å². The third kappa shape index (κ3) is 4.94. The van der Waals surface area contributed by atoms with Gasteiger partial charge in [-0.2, -0.15) is 0 Å². The van der Waals surface area contributed by atoms with Crippen molar-refractivity contribution in [3.8, 4) is 16.9 Å². The summed E-state index contributed by atoms with van der Waals surface area (Å²) < 4.78 is 33.9. The maximum Gasteiger partial charge on any atom is 0.255 e. The van der Waals surface area contributed by atoms with Crippen LogP contribution < -0.4 is 10.1 Å². The number of benzene rings is 3. The number of amides is 1. The molecule has 0 aliphatic rings. The van der Waals surface area contributed by atoms with Crippen LogP contribution in [0.3, 0.4) is 0 Å². The van der Waals surface area contributed by atoms with Crippen LogP contribution in [0.15, 0.2) is 66.9 Å². The fourth-order valence-corrected chi connectivity index (χ4v) is 3.93. The van der Waals surface area contributed by atoms with E-state index in [1.54, 1.807) is 12.1 Å². The predicted octanol–water partition coefficient (Wildman–Crippen LogP) is 5.24. The number of halogens is 2. The second-order valence-corrected chi connectivity index (χ2v) is 8.08. The monoisotopic (exact) mass is 464 g/mol. The van der Waals surface area contributed by atoms with Gasteiger partial charge in [0.1, 0.15) is 5.75 Å². The zero-order chi connectivity index (χ0) is 24.1. The van der Waals surface area contributed by atoms with Crippen molar-refractivity contribution in [3.05, 3.63) is 89.6 Å². The zero-order valence-electron chi connectivity index (χ0n) is 18.8. The number of nitrogens with one attached hydrogen (secondary N) is 2. The van der Waals surface area contributed by atoms with E-state index in [2.05, 4.69) is 10.3 Å². The molecule has 0 radical (unpaired) electrons. The average molecular weight is 465 g/mol. The Morgan fingerprint density at radius 3 is 2.74 bits per heavy atom. The molecule has 0 saturated heterocycles. The van der Waals surface area contributed by atoms with Gasteiger partial charge in [0.25, 0.3) is 5.91 Å². The minimum atomic E-state index is -0.983. The molecule has 3 N–H and O–H groups in total. The van der Waals surface area contributed by atoms with Crippen molar-refractivity contribution >= 4 is 16.8 Å². The summed E-state index contributed by atoms with van der Waals surface area (Å²) in [7, 11) is 0. The summed E-state index contributed by atoms with van der Waals surface area (Å²) in [6, 6.07) is 15.8. The number of carbonyl (C=O) groups excluding carboxylic acids is 1. The van der Waals surface area contributed by atoms with Gasteiger partial charge in [-0.25, -0.2) is 8.78 Å². The Morgan fingerprint density at radius 1 is 1.12 bits per heavy atom. The van der Waals surface area contributed by atoms with Crippen LogP contribution in [-0.4, -0.2) is 35.3 Å². The lowest BCUT2D eigenvalue weighted by molar-refractivity contribution is 0.0912. The molecule has 0 aliphatic heterocycles. The van der Waals surface area contributed by atoms with Crippen LogP contribution in [-0.2, 0) is 6.42 Å². The summed E-state index contributed by atoms with van der Waals surface area (Å²) in [6.45, 7) is 2.07. The standard InChI is InChI=1S/C27H26F2N2O3/c1-2-12-34-25-11-10-17(21-7-5-8-23(28)26(21)29)14-22(25)27(33)31-19(16-32)13-18-15-30-24-9-4-3-6-20(18)24/h3-11,14-15,19,30,32H,2,12-13,16H2,1H3,(H,31,33)/t19-/m1/s1. The summed E-state index contributed by atoms with van der Waals surface area (Å²) >= 11 is 0. The number of aromatic nitrogens is 1. The smallest absolute Gasteiger partial charge is 0.255 e. The molecule has 1 aromatic heterocycles. The molecule has 0 spiro atoms. The van der Waals surface area contributed by atoms with E-state index in [0.29, 0.717) is 24.3 Å². The quantitative estimate of drug-likeness (QED) is 0.317. The van der Waals surface area contributed by atoms with Crippen molar-refractivity contribution in [2.45, 2.75) is 25.8 Å². The van der Waals surface area contributed by atoms with Crippen LogP contribution in [0.1, 0.15) is 29.3 Å². The molecular formula is C27H26F2N2O3. The van der Waals surface area contributed by atoms with Gasteiger partial charge in [0, 0.05) is 22.7 Å². The lowest BCUT2D eigenvalue weighted by Crippen LogP contribution is -2.39. The van der Waals surface area contributed by atoms with E-state index in [4.69, 9.17) is 4.74 Å². The Hall–Kier alpha value is -3.71. The molecule has 5 nitrogen and oxygen atoms in total. The molecule has 1 heterocycles. The van der Waals surface area contributed by atoms with E-state index < -0.39 is 23.6 Å². The highest BCUT2D eigenvalue weighted by Crippen LogP contribution is 2.30. The number of aliphatic hydroxyl groups is 1.